The van der Waals surface area contributed by atoms with Gasteiger partial charge < -0.3 is 9.64 Å². The molecular weight excluding hydrogens is 242 g/mol. The number of ketones is 1. The number of hydrogen-bond acceptors (Lipinski definition) is 3. The van der Waals surface area contributed by atoms with Gasteiger partial charge in [0.2, 0.25) is 5.91 Å². The van der Waals surface area contributed by atoms with Gasteiger partial charge in [0.15, 0.2) is 5.78 Å². The lowest BCUT2D eigenvalue weighted by molar-refractivity contribution is -0.118. The van der Waals surface area contributed by atoms with Crippen molar-refractivity contribution in [1.29, 1.82) is 0 Å². The van der Waals surface area contributed by atoms with Crippen molar-refractivity contribution in [2.45, 2.75) is 6.42 Å². The number of fused-ring (bicyclic) bond motifs is 1. The quantitative estimate of drug-likeness (QED) is 0.597. The summed E-state index contributed by atoms with van der Waals surface area (Å²) in [5, 5.41) is 0. The summed E-state index contributed by atoms with van der Waals surface area (Å²) in [5.41, 5.74) is 1.10. The van der Waals surface area contributed by atoms with Crippen LogP contribution in [0.3, 0.4) is 0 Å². The minimum Gasteiger partial charge on any atom is -0.491 e. The van der Waals surface area contributed by atoms with Crippen LogP contribution in [0.1, 0.15) is 16.8 Å². The average molecular weight is 254 g/mol. The molecule has 0 unspecified atom stereocenters. The molecule has 0 spiro atoms. The van der Waals surface area contributed by atoms with Gasteiger partial charge in [-0.05, 0) is 18.2 Å². The molecule has 4 nitrogen and oxygen atoms in total. The van der Waals surface area contributed by atoms with Gasteiger partial charge in [-0.25, -0.2) is 0 Å². The highest BCUT2D eigenvalue weighted by Crippen LogP contribution is 2.31. The molecule has 1 aliphatic rings. The van der Waals surface area contributed by atoms with Crippen molar-refractivity contribution in [3.05, 3.63) is 23.8 Å². The van der Waals surface area contributed by atoms with E-state index in [2.05, 4.69) is 0 Å². The van der Waals surface area contributed by atoms with E-state index >= 15 is 0 Å². The van der Waals surface area contributed by atoms with E-state index in [0.717, 1.165) is 0 Å². The van der Waals surface area contributed by atoms with Gasteiger partial charge in [-0.15, -0.1) is 11.6 Å². The summed E-state index contributed by atoms with van der Waals surface area (Å²) in [4.78, 5) is 24.7. The fraction of sp³-hybridized carbons (Fsp3) is 0.333. The summed E-state index contributed by atoms with van der Waals surface area (Å²) in [6, 6.07) is 5.00. The van der Waals surface area contributed by atoms with Crippen LogP contribution < -0.4 is 9.64 Å². The minimum absolute atomic E-state index is 0.0285. The number of amides is 1. The first kappa shape index (κ1) is 11.9. The van der Waals surface area contributed by atoms with Crippen LogP contribution in [0.4, 0.5) is 5.69 Å². The van der Waals surface area contributed by atoms with Crippen molar-refractivity contribution in [1.82, 2.24) is 0 Å². The van der Waals surface area contributed by atoms with Crippen LogP contribution >= 0.6 is 11.6 Å². The normalized spacial score (nSPS) is 14.9. The molecule has 0 aliphatic carbocycles. The molecule has 1 aliphatic heterocycles. The largest absolute Gasteiger partial charge is 0.491 e. The second kappa shape index (κ2) is 4.75. The van der Waals surface area contributed by atoms with Gasteiger partial charge in [-0.3, -0.25) is 9.59 Å². The zero-order chi connectivity index (χ0) is 12.4. The second-order valence-corrected chi connectivity index (χ2v) is 4.06. The summed E-state index contributed by atoms with van der Waals surface area (Å²) < 4.78 is 5.45. The van der Waals surface area contributed by atoms with Gasteiger partial charge in [0, 0.05) is 12.6 Å². The first-order valence-electron chi connectivity index (χ1n) is 5.26. The average Bonchev–Trinajstić information content (AvgIpc) is 2.49. The lowest BCUT2D eigenvalue weighted by Crippen LogP contribution is -2.25. The summed E-state index contributed by atoms with van der Waals surface area (Å²) in [5.74, 6) is 0.348. The topological polar surface area (TPSA) is 46.6 Å². The Balaban J connectivity index is 2.45. The number of anilines is 1. The number of ether oxygens (including phenoxy) is 1. The van der Waals surface area contributed by atoms with Crippen molar-refractivity contribution in [2.24, 2.45) is 0 Å². The van der Waals surface area contributed by atoms with Gasteiger partial charge in [-0.2, -0.15) is 0 Å². The Kier molecular flexibility index (Phi) is 3.33. The number of carbonyl (C=O) groups is 2. The molecule has 2 rings (SSSR count). The molecule has 0 atom stereocenters. The summed E-state index contributed by atoms with van der Waals surface area (Å²) >= 11 is 5.51. The highest BCUT2D eigenvalue weighted by molar-refractivity contribution is 6.30. The maximum atomic E-state index is 11.7. The maximum absolute atomic E-state index is 11.7. The third-order valence-corrected chi connectivity index (χ3v) is 2.95. The predicted octanol–water partition coefficient (Wildman–Crippen LogP) is 1.85. The van der Waals surface area contributed by atoms with Gasteiger partial charge >= 0.3 is 0 Å². The number of benzene rings is 1. The molecule has 0 bridgehead atoms. The third-order valence-electron chi connectivity index (χ3n) is 2.71. The van der Waals surface area contributed by atoms with Crippen LogP contribution in [0.5, 0.6) is 5.75 Å². The van der Waals surface area contributed by atoms with Gasteiger partial charge in [-0.1, -0.05) is 0 Å². The van der Waals surface area contributed by atoms with E-state index in [0.29, 0.717) is 30.0 Å². The molecule has 17 heavy (non-hydrogen) atoms. The third kappa shape index (κ3) is 2.26. The monoisotopic (exact) mass is 253 g/mol. The van der Waals surface area contributed by atoms with Gasteiger partial charge in [0.25, 0.3) is 0 Å². The fourth-order valence-corrected chi connectivity index (χ4v) is 1.86. The van der Waals surface area contributed by atoms with E-state index in [1.54, 1.807) is 25.2 Å². The number of nitrogens with zero attached hydrogens (tertiary/aromatic N) is 1. The van der Waals surface area contributed by atoms with Gasteiger partial charge in [0.05, 0.1) is 24.6 Å². The zero-order valence-corrected chi connectivity index (χ0v) is 10.2. The number of hydrogen-bond donors (Lipinski definition) is 0. The van der Waals surface area contributed by atoms with E-state index in [9.17, 15) is 9.59 Å². The Bertz CT molecular complexity index is 473. The lowest BCUT2D eigenvalue weighted by Gasteiger charge is -2.16. The zero-order valence-electron chi connectivity index (χ0n) is 9.40. The summed E-state index contributed by atoms with van der Waals surface area (Å²) in [6.07, 6.45) is 0.337. The Morgan fingerprint density at radius 1 is 1.53 bits per heavy atom. The van der Waals surface area contributed by atoms with E-state index in [1.165, 1.54) is 4.90 Å². The molecule has 0 radical (unpaired) electrons. The first-order chi connectivity index (χ1) is 8.13. The molecule has 0 aromatic heterocycles. The molecule has 0 saturated carbocycles. The molecule has 1 amide bonds. The Labute approximate surface area is 104 Å². The number of Topliss-reactive ketones (excluding diaryl/α,β-unsaturated/α-hetero) is 1. The van der Waals surface area contributed by atoms with Crippen molar-refractivity contribution < 1.29 is 14.3 Å². The number of alkyl halides is 1. The van der Waals surface area contributed by atoms with Crippen LogP contribution in [0.15, 0.2) is 18.2 Å². The van der Waals surface area contributed by atoms with E-state index in [4.69, 9.17) is 16.3 Å². The van der Waals surface area contributed by atoms with Crippen molar-refractivity contribution in [2.75, 3.05) is 24.4 Å². The SMILES string of the molecule is CN1C(=O)CCOc2ccc(C(=O)CCl)cc21. The van der Waals surface area contributed by atoms with Gasteiger partial charge in [0.1, 0.15) is 5.75 Å². The second-order valence-electron chi connectivity index (χ2n) is 3.79. The van der Waals surface area contributed by atoms with Crippen molar-refractivity contribution in [3.63, 3.8) is 0 Å². The maximum Gasteiger partial charge on any atom is 0.230 e. The smallest absolute Gasteiger partial charge is 0.230 e. The Morgan fingerprint density at radius 3 is 3.00 bits per heavy atom. The van der Waals surface area contributed by atoms with Crippen molar-refractivity contribution in [3.8, 4) is 5.75 Å². The van der Waals surface area contributed by atoms with E-state index in [-0.39, 0.29) is 17.6 Å². The number of rotatable bonds is 2. The minimum atomic E-state index is -0.167. The van der Waals surface area contributed by atoms with Crippen LogP contribution in [0.2, 0.25) is 0 Å². The molecule has 1 aromatic rings. The first-order valence-corrected chi connectivity index (χ1v) is 5.79. The number of halogens is 1. The molecular formula is C12H12ClNO3. The van der Waals surface area contributed by atoms with Crippen LogP contribution in [0, 0.1) is 0 Å². The summed E-state index contributed by atoms with van der Waals surface area (Å²) in [6.45, 7) is 0.360. The number of carbonyl (C=O) groups excluding carboxylic acids is 2. The fourth-order valence-electron chi connectivity index (χ4n) is 1.70. The highest BCUT2D eigenvalue weighted by Gasteiger charge is 2.21. The highest BCUT2D eigenvalue weighted by atomic mass is 35.5. The molecule has 0 fully saturated rings. The van der Waals surface area contributed by atoms with Crippen molar-refractivity contribution >= 4 is 29.0 Å². The lowest BCUT2D eigenvalue weighted by atomic mass is 10.1. The van der Waals surface area contributed by atoms with Crippen LogP contribution in [-0.2, 0) is 4.79 Å². The molecule has 0 saturated heterocycles. The Hall–Kier alpha value is -1.55. The standard InChI is InChI=1S/C12H12ClNO3/c1-14-9-6-8(10(15)7-13)2-3-11(9)17-5-4-12(14)16/h2-3,6H,4-5,7H2,1H3. The summed E-state index contributed by atoms with van der Waals surface area (Å²) in [7, 11) is 1.67. The predicted molar refractivity (Wildman–Crippen MR) is 65.0 cm³/mol. The molecule has 90 valence electrons. The van der Waals surface area contributed by atoms with Crippen LogP contribution in [-0.4, -0.2) is 31.2 Å². The molecule has 1 heterocycles. The molecule has 5 heteroatoms. The Morgan fingerprint density at radius 2 is 2.29 bits per heavy atom. The van der Waals surface area contributed by atoms with E-state index < -0.39 is 0 Å². The van der Waals surface area contributed by atoms with E-state index in [1.807, 2.05) is 0 Å². The van der Waals surface area contributed by atoms with Crippen LogP contribution in [0.25, 0.3) is 0 Å². The molecule has 0 N–H and O–H groups in total. The molecule has 1 aromatic carbocycles.